The number of amidine groups is 1. The number of rotatable bonds is 2. The third-order valence-corrected chi connectivity index (χ3v) is 4.70. The van der Waals surface area contributed by atoms with Crippen LogP contribution in [0.5, 0.6) is 0 Å². The molecule has 2 aliphatic rings. The van der Waals surface area contributed by atoms with Crippen molar-refractivity contribution in [1.82, 2.24) is 9.47 Å². The van der Waals surface area contributed by atoms with Gasteiger partial charge in [0.1, 0.15) is 5.69 Å². The van der Waals surface area contributed by atoms with Gasteiger partial charge in [0.25, 0.3) is 5.84 Å². The maximum Gasteiger partial charge on any atom is 0.265 e. The minimum absolute atomic E-state index is 0. The van der Waals surface area contributed by atoms with E-state index in [4.69, 9.17) is 0 Å². The predicted octanol–water partition coefficient (Wildman–Crippen LogP) is -1.07. The van der Waals surface area contributed by atoms with E-state index in [-0.39, 0.29) is 17.0 Å². The van der Waals surface area contributed by atoms with Gasteiger partial charge in [0, 0.05) is 24.2 Å². The molecule has 5 nitrogen and oxygen atoms in total. The second-order valence-corrected chi connectivity index (χ2v) is 6.59. The molecule has 0 fully saturated rings. The van der Waals surface area contributed by atoms with Crippen molar-refractivity contribution in [2.24, 2.45) is 10.2 Å². The standard InChI is InChI=1S/C19H17N5.BrH/c1-22(2)11-14-6-4-8-16-18(14)23-10-9-13-5-3-7-15(17(13)23)19-21-20-12-24(16)19;/h3-10,12H,11H2,1-2H3;1H. The molecule has 2 aliphatic heterocycles. The Bertz CT molecular complexity index is 1030. The number of halogens is 1. The van der Waals surface area contributed by atoms with Gasteiger partial charge in [0.05, 0.1) is 11.1 Å². The van der Waals surface area contributed by atoms with E-state index in [0.29, 0.717) is 0 Å². The lowest BCUT2D eigenvalue weighted by Crippen LogP contribution is -3.08. The smallest absolute Gasteiger partial charge is 0.265 e. The minimum Gasteiger partial charge on any atom is -1.00 e. The highest BCUT2D eigenvalue weighted by atomic mass is 79.9. The number of benzene rings is 2. The zero-order valence-electron chi connectivity index (χ0n) is 14.1. The first-order chi connectivity index (χ1) is 11.7. The normalized spacial score (nSPS) is 17.1. The molecule has 0 radical (unpaired) electrons. The average Bonchev–Trinajstić information content (AvgIpc) is 3.18. The lowest BCUT2D eigenvalue weighted by Gasteiger charge is -2.18. The van der Waals surface area contributed by atoms with E-state index in [1.807, 2.05) is 6.34 Å². The molecule has 6 heteroatoms. The summed E-state index contributed by atoms with van der Waals surface area (Å²) >= 11 is 0. The minimum atomic E-state index is 0. The SMILES string of the molecule is CN(C)Cc1cccc2c1-n1ccc3cccc(c31)C1=NN=C[NH+]12.[Br-]. The molecular formula is C19H18BrN5. The summed E-state index contributed by atoms with van der Waals surface area (Å²) in [5, 5.41) is 9.88. The molecule has 2 aromatic carbocycles. The van der Waals surface area contributed by atoms with Gasteiger partial charge in [-0.25, -0.2) is 4.90 Å². The third-order valence-electron chi connectivity index (χ3n) is 4.70. The number of hydrogen-bond acceptors (Lipinski definition) is 3. The van der Waals surface area contributed by atoms with Gasteiger partial charge in [0.2, 0.25) is 6.34 Å². The highest BCUT2D eigenvalue weighted by Crippen LogP contribution is 2.32. The first kappa shape index (κ1) is 16.2. The fourth-order valence-corrected chi connectivity index (χ4v) is 3.79. The van der Waals surface area contributed by atoms with Crippen LogP contribution in [0.1, 0.15) is 11.1 Å². The largest absolute Gasteiger partial charge is 1.00 e. The molecule has 3 aromatic rings. The summed E-state index contributed by atoms with van der Waals surface area (Å²) in [6, 6.07) is 15.1. The van der Waals surface area contributed by atoms with Crippen LogP contribution >= 0.6 is 0 Å². The molecule has 5 rings (SSSR count). The van der Waals surface area contributed by atoms with Crippen molar-refractivity contribution < 1.29 is 21.9 Å². The molecule has 0 saturated carbocycles. The van der Waals surface area contributed by atoms with Gasteiger partial charge in [0.15, 0.2) is 5.69 Å². The topological polar surface area (TPSA) is 37.3 Å². The maximum atomic E-state index is 4.44. The molecule has 25 heavy (non-hydrogen) atoms. The van der Waals surface area contributed by atoms with Crippen LogP contribution in [0.4, 0.5) is 5.69 Å². The van der Waals surface area contributed by atoms with E-state index in [1.54, 1.807) is 0 Å². The van der Waals surface area contributed by atoms with E-state index >= 15 is 0 Å². The van der Waals surface area contributed by atoms with Crippen LogP contribution in [0.2, 0.25) is 0 Å². The van der Waals surface area contributed by atoms with Crippen LogP contribution in [0.25, 0.3) is 16.6 Å². The Kier molecular flexibility index (Phi) is 3.83. The first-order valence-corrected chi connectivity index (χ1v) is 8.10. The second kappa shape index (κ2) is 5.91. The molecule has 0 spiro atoms. The summed E-state index contributed by atoms with van der Waals surface area (Å²) in [5.74, 6) is 0.973. The van der Waals surface area contributed by atoms with Gasteiger partial charge in [-0.05, 0) is 31.8 Å². The van der Waals surface area contributed by atoms with E-state index in [2.05, 4.69) is 82.4 Å². The van der Waals surface area contributed by atoms with Gasteiger partial charge in [-0.15, -0.1) is 0 Å². The molecule has 1 N–H and O–H groups in total. The number of nitrogens with zero attached hydrogens (tertiary/aromatic N) is 4. The van der Waals surface area contributed by atoms with Gasteiger partial charge in [-0.2, -0.15) is 0 Å². The van der Waals surface area contributed by atoms with Crippen LogP contribution in [-0.4, -0.2) is 35.7 Å². The lowest BCUT2D eigenvalue weighted by atomic mass is 10.1. The maximum absolute atomic E-state index is 4.44. The van der Waals surface area contributed by atoms with Crippen LogP contribution in [0.15, 0.2) is 58.9 Å². The second-order valence-electron chi connectivity index (χ2n) is 6.59. The molecule has 0 saturated heterocycles. The average molecular weight is 396 g/mol. The quantitative estimate of drug-likeness (QED) is 0.589. The number of hydrogen-bond donors (Lipinski definition) is 1. The molecule has 0 bridgehead atoms. The fraction of sp³-hybridized carbons (Fsp3) is 0.158. The number of quaternary nitrogens is 1. The molecule has 1 unspecified atom stereocenters. The molecule has 3 heterocycles. The molecular weight excluding hydrogens is 378 g/mol. The zero-order chi connectivity index (χ0) is 16.3. The van der Waals surface area contributed by atoms with Gasteiger partial charge < -0.3 is 26.4 Å². The Morgan fingerprint density at radius 1 is 1.08 bits per heavy atom. The number of nitrogens with one attached hydrogen (secondary N) is 1. The van der Waals surface area contributed by atoms with Gasteiger partial charge in [-0.1, -0.05) is 34.5 Å². The number of aromatic nitrogens is 1. The first-order valence-electron chi connectivity index (χ1n) is 8.10. The lowest BCUT2D eigenvalue weighted by molar-refractivity contribution is -0.604. The zero-order valence-corrected chi connectivity index (χ0v) is 15.7. The van der Waals surface area contributed by atoms with Crippen molar-refractivity contribution >= 4 is 28.8 Å². The third kappa shape index (κ3) is 2.29. The fourth-order valence-electron chi connectivity index (χ4n) is 3.79. The summed E-state index contributed by atoms with van der Waals surface area (Å²) in [4.78, 5) is 3.32. The summed E-state index contributed by atoms with van der Waals surface area (Å²) < 4.78 is 2.32. The molecule has 126 valence electrons. The predicted molar refractivity (Wildman–Crippen MR) is 96.3 cm³/mol. The Balaban J connectivity index is 0.00000157. The van der Waals surface area contributed by atoms with Crippen molar-refractivity contribution in [2.45, 2.75) is 6.54 Å². The monoisotopic (exact) mass is 395 g/mol. The van der Waals surface area contributed by atoms with Crippen molar-refractivity contribution in [3.05, 3.63) is 59.8 Å². The van der Waals surface area contributed by atoms with Crippen LogP contribution in [0.3, 0.4) is 0 Å². The molecule has 1 atom stereocenters. The highest BCUT2D eigenvalue weighted by Gasteiger charge is 2.34. The Morgan fingerprint density at radius 2 is 1.92 bits per heavy atom. The Hall–Kier alpha value is -2.28. The Morgan fingerprint density at radius 3 is 2.76 bits per heavy atom. The van der Waals surface area contributed by atoms with Crippen molar-refractivity contribution in [1.29, 1.82) is 0 Å². The highest BCUT2D eigenvalue weighted by molar-refractivity contribution is 6.09. The van der Waals surface area contributed by atoms with E-state index in [9.17, 15) is 0 Å². The van der Waals surface area contributed by atoms with Crippen LogP contribution in [0, 0.1) is 0 Å². The van der Waals surface area contributed by atoms with Crippen molar-refractivity contribution in [3.8, 4) is 5.69 Å². The van der Waals surface area contributed by atoms with Crippen LogP contribution in [-0.2, 0) is 6.54 Å². The molecule has 0 aliphatic carbocycles. The van der Waals surface area contributed by atoms with E-state index in [1.165, 1.54) is 27.8 Å². The van der Waals surface area contributed by atoms with E-state index < -0.39 is 0 Å². The summed E-state index contributed by atoms with van der Waals surface area (Å²) in [7, 11) is 4.21. The Labute approximate surface area is 156 Å². The summed E-state index contributed by atoms with van der Waals surface area (Å²) in [5.41, 5.74) is 6.10. The number of para-hydroxylation sites is 2. The van der Waals surface area contributed by atoms with Crippen molar-refractivity contribution in [3.63, 3.8) is 0 Å². The van der Waals surface area contributed by atoms with Crippen LogP contribution < -0.4 is 21.9 Å². The number of fused-ring (bicyclic) bond motifs is 5. The van der Waals surface area contributed by atoms with E-state index in [0.717, 1.165) is 22.8 Å². The van der Waals surface area contributed by atoms with Gasteiger partial charge in [-0.3, -0.25) is 0 Å². The van der Waals surface area contributed by atoms with Gasteiger partial charge >= 0.3 is 0 Å². The summed E-state index contributed by atoms with van der Waals surface area (Å²) in [6.45, 7) is 0.891. The molecule has 1 aromatic heterocycles. The van der Waals surface area contributed by atoms with Crippen molar-refractivity contribution in [2.75, 3.05) is 14.1 Å². The summed E-state index contributed by atoms with van der Waals surface area (Å²) in [6.07, 6.45) is 4.06. The molecule has 0 amide bonds.